The quantitative estimate of drug-likeness (QED) is 0.0514. The first kappa shape index (κ1) is 40.2. The fraction of sp³-hybridized carbons (Fsp3) is 0.400. The molecule has 276 valence electrons. The zero-order valence-corrected chi connectivity index (χ0v) is 32.0. The number of phosphoric acid groups is 2. The molecule has 0 spiro atoms. The fourth-order valence-electron chi connectivity index (χ4n) is 4.95. The van der Waals surface area contributed by atoms with Gasteiger partial charge in [-0.15, -0.1) is 0 Å². The zero-order chi connectivity index (χ0) is 36.5. The van der Waals surface area contributed by atoms with Crippen LogP contribution in [0.4, 0.5) is 0 Å². The normalized spacial score (nSPS) is 12.3. The van der Waals surface area contributed by atoms with Crippen LogP contribution >= 0.6 is 15.6 Å². The Morgan fingerprint density at radius 3 is 0.980 bits per heavy atom. The number of hydrogen-bond acceptors (Lipinski definition) is 9. The lowest BCUT2D eigenvalue weighted by Crippen LogP contribution is -2.21. The van der Waals surface area contributed by atoms with Gasteiger partial charge in [0.15, 0.2) is 0 Å². The molecule has 0 unspecified atom stereocenters. The first-order valence-electron chi connectivity index (χ1n) is 17.5. The summed E-state index contributed by atoms with van der Waals surface area (Å²) in [6.07, 6.45) is 5.37. The smallest absolute Gasteiger partial charge is 0.395 e. The number of para-hydroxylation sites is 4. The van der Waals surface area contributed by atoms with E-state index in [0.717, 1.165) is 38.5 Å². The van der Waals surface area contributed by atoms with Gasteiger partial charge in [-0.1, -0.05) is 113 Å². The van der Waals surface area contributed by atoms with Gasteiger partial charge in [-0.25, -0.2) is 9.13 Å². The number of unbranched alkanes of at least 4 members (excludes halogenated alkanes) is 2. The summed E-state index contributed by atoms with van der Waals surface area (Å²) in [4.78, 5) is 0. The van der Waals surface area contributed by atoms with Crippen LogP contribution in [0.15, 0.2) is 121 Å². The molecule has 0 N–H and O–H groups in total. The van der Waals surface area contributed by atoms with Gasteiger partial charge >= 0.3 is 15.6 Å². The molecular formula is C40H52O9P2. The van der Waals surface area contributed by atoms with Gasteiger partial charge in [-0.3, -0.25) is 9.05 Å². The molecule has 0 amide bonds. The molecule has 0 saturated heterocycles. The monoisotopic (exact) mass is 738 g/mol. The van der Waals surface area contributed by atoms with Crippen molar-refractivity contribution in [2.24, 2.45) is 10.8 Å². The third-order valence-electron chi connectivity index (χ3n) is 7.85. The first-order chi connectivity index (χ1) is 24.4. The van der Waals surface area contributed by atoms with E-state index in [1.54, 1.807) is 97.1 Å². The number of hydrogen-bond donors (Lipinski definition) is 0. The topological polar surface area (TPSA) is 98.8 Å². The lowest BCUT2D eigenvalue weighted by atomic mass is 9.88. The SMILES string of the molecule is CC(C)(CCCCOCCCCC(C)(C)COP(=O)(Oc1ccccc1)Oc1ccccc1)COP(=O)(Oc1ccccc1)Oc1ccccc1. The highest BCUT2D eigenvalue weighted by molar-refractivity contribution is 7.49. The molecule has 0 aliphatic carbocycles. The van der Waals surface area contributed by atoms with Crippen LogP contribution in [0.25, 0.3) is 0 Å². The second-order valence-electron chi connectivity index (χ2n) is 13.9. The number of rotatable bonds is 24. The summed E-state index contributed by atoms with van der Waals surface area (Å²) in [7, 11) is -7.87. The molecule has 11 heteroatoms. The maximum atomic E-state index is 13.7. The highest BCUT2D eigenvalue weighted by Gasteiger charge is 2.35. The number of phosphoric ester groups is 2. The highest BCUT2D eigenvalue weighted by Crippen LogP contribution is 2.52. The summed E-state index contributed by atoms with van der Waals surface area (Å²) < 4.78 is 68.0. The molecule has 0 heterocycles. The van der Waals surface area contributed by atoms with Gasteiger partial charge in [-0.2, -0.15) is 0 Å². The summed E-state index contributed by atoms with van der Waals surface area (Å²) in [6.45, 7) is 10.0. The maximum Gasteiger partial charge on any atom is 0.587 e. The van der Waals surface area contributed by atoms with Crippen molar-refractivity contribution in [2.75, 3.05) is 26.4 Å². The molecule has 0 fully saturated rings. The second kappa shape index (κ2) is 19.9. The lowest BCUT2D eigenvalue weighted by molar-refractivity contribution is 0.103. The van der Waals surface area contributed by atoms with E-state index in [2.05, 4.69) is 27.7 Å². The van der Waals surface area contributed by atoms with Gasteiger partial charge in [0.2, 0.25) is 0 Å². The van der Waals surface area contributed by atoms with E-state index in [1.165, 1.54) is 0 Å². The van der Waals surface area contributed by atoms with Crippen molar-refractivity contribution in [1.82, 2.24) is 0 Å². The molecular weight excluding hydrogens is 686 g/mol. The van der Waals surface area contributed by atoms with E-state index in [9.17, 15) is 9.13 Å². The van der Waals surface area contributed by atoms with Gasteiger partial charge < -0.3 is 22.8 Å². The summed E-state index contributed by atoms with van der Waals surface area (Å²) in [5.41, 5.74) is -0.517. The standard InChI is InChI=1S/C40H52O9P2/c1-39(2,33-44-50(41,46-35-21-9-5-10-22-35)47-36-23-11-6-12-24-36)29-17-19-31-43-32-20-18-30-40(3,4)34-45-51(42,48-37-25-13-7-14-26-37)49-38-27-15-8-16-28-38/h5-16,21-28H,17-20,29-34H2,1-4H3. The van der Waals surface area contributed by atoms with Gasteiger partial charge in [0.05, 0.1) is 13.2 Å². The second-order valence-corrected chi connectivity index (χ2v) is 16.9. The van der Waals surface area contributed by atoms with Crippen LogP contribution in [-0.4, -0.2) is 26.4 Å². The summed E-state index contributed by atoms with van der Waals surface area (Å²) in [6, 6.07) is 35.6. The average molecular weight is 739 g/mol. The van der Waals surface area contributed by atoms with Crippen LogP contribution in [0.2, 0.25) is 0 Å². The summed E-state index contributed by atoms with van der Waals surface area (Å²) >= 11 is 0. The molecule has 0 radical (unpaired) electrons. The van der Waals surface area contributed by atoms with Crippen molar-refractivity contribution in [1.29, 1.82) is 0 Å². The molecule has 0 atom stereocenters. The van der Waals surface area contributed by atoms with E-state index in [4.69, 9.17) is 31.9 Å². The number of benzene rings is 4. The molecule has 0 aliphatic heterocycles. The fourth-order valence-corrected chi connectivity index (χ4v) is 7.77. The Morgan fingerprint density at radius 2 is 0.706 bits per heavy atom. The van der Waals surface area contributed by atoms with Crippen molar-refractivity contribution in [3.8, 4) is 23.0 Å². The minimum atomic E-state index is -3.93. The molecule has 51 heavy (non-hydrogen) atoms. The Balaban J connectivity index is 1.12. The molecule has 0 saturated carbocycles. The Bertz CT molecular complexity index is 1420. The third kappa shape index (κ3) is 15.7. The van der Waals surface area contributed by atoms with Crippen LogP contribution in [0.3, 0.4) is 0 Å². The van der Waals surface area contributed by atoms with Crippen LogP contribution in [0, 0.1) is 10.8 Å². The van der Waals surface area contributed by atoms with Gasteiger partial charge in [0, 0.05) is 13.2 Å². The Labute approximate surface area is 303 Å². The van der Waals surface area contributed by atoms with E-state index >= 15 is 0 Å². The Kier molecular flexibility index (Phi) is 15.7. The van der Waals surface area contributed by atoms with Crippen LogP contribution in [0.1, 0.15) is 66.2 Å². The molecule has 4 rings (SSSR count). The minimum Gasteiger partial charge on any atom is -0.395 e. The predicted molar refractivity (Wildman–Crippen MR) is 201 cm³/mol. The Hall–Kier alpha value is -3.58. The van der Waals surface area contributed by atoms with E-state index in [0.29, 0.717) is 36.2 Å². The van der Waals surface area contributed by atoms with E-state index in [1.807, 2.05) is 24.3 Å². The van der Waals surface area contributed by atoms with E-state index < -0.39 is 15.6 Å². The summed E-state index contributed by atoms with van der Waals surface area (Å²) in [5, 5.41) is 0. The van der Waals surface area contributed by atoms with Crippen molar-refractivity contribution in [3.05, 3.63) is 121 Å². The van der Waals surface area contributed by atoms with Crippen LogP contribution in [-0.2, 0) is 22.9 Å². The maximum absolute atomic E-state index is 13.7. The molecule has 0 aliphatic rings. The lowest BCUT2D eigenvalue weighted by Gasteiger charge is -2.27. The largest absolute Gasteiger partial charge is 0.587 e. The third-order valence-corrected chi connectivity index (χ3v) is 10.5. The molecule has 9 nitrogen and oxygen atoms in total. The van der Waals surface area contributed by atoms with Crippen molar-refractivity contribution in [2.45, 2.75) is 66.2 Å². The van der Waals surface area contributed by atoms with Crippen molar-refractivity contribution >= 4 is 15.6 Å². The van der Waals surface area contributed by atoms with Crippen molar-refractivity contribution in [3.63, 3.8) is 0 Å². The molecule has 0 bridgehead atoms. The molecule has 0 aromatic heterocycles. The zero-order valence-electron chi connectivity index (χ0n) is 30.2. The van der Waals surface area contributed by atoms with Crippen LogP contribution in [0.5, 0.6) is 23.0 Å². The summed E-state index contributed by atoms with van der Waals surface area (Å²) in [5.74, 6) is 1.65. The number of ether oxygens (including phenoxy) is 1. The predicted octanol–water partition coefficient (Wildman–Crippen LogP) is 12.0. The van der Waals surface area contributed by atoms with Gasteiger partial charge in [-0.05, 0) is 85.0 Å². The van der Waals surface area contributed by atoms with Crippen molar-refractivity contribution < 1.29 is 41.0 Å². The average Bonchev–Trinajstić information content (AvgIpc) is 3.11. The minimum absolute atomic E-state index is 0.205. The first-order valence-corrected chi connectivity index (χ1v) is 20.4. The van der Waals surface area contributed by atoms with E-state index in [-0.39, 0.29) is 24.0 Å². The molecule has 4 aromatic carbocycles. The van der Waals surface area contributed by atoms with Gasteiger partial charge in [0.25, 0.3) is 0 Å². The van der Waals surface area contributed by atoms with Crippen LogP contribution < -0.4 is 18.1 Å². The Morgan fingerprint density at radius 1 is 0.431 bits per heavy atom. The molecule has 4 aromatic rings. The highest BCUT2D eigenvalue weighted by atomic mass is 31.2. The van der Waals surface area contributed by atoms with Gasteiger partial charge in [0.1, 0.15) is 23.0 Å².